The minimum atomic E-state index is -4.66. The molecule has 2 heterocycles. The molecule has 0 saturated carbocycles. The van der Waals surface area contributed by atoms with Crippen LogP contribution in [0.2, 0.25) is 0 Å². The number of thioether (sulfide) groups is 1. The number of halogens is 3. The van der Waals surface area contributed by atoms with E-state index in [1.165, 1.54) is 17.8 Å². The van der Waals surface area contributed by atoms with E-state index in [0.29, 0.717) is 30.2 Å². The van der Waals surface area contributed by atoms with Crippen LogP contribution in [0.1, 0.15) is 58.4 Å². The largest absolute Gasteiger partial charge is 0.457 e. The zero-order valence-corrected chi connectivity index (χ0v) is 28.7. The molecule has 0 aliphatic carbocycles. The number of ether oxygens (including phenoxy) is 1. The van der Waals surface area contributed by atoms with Crippen LogP contribution in [0.5, 0.6) is 11.5 Å². The van der Waals surface area contributed by atoms with Crippen molar-refractivity contribution in [1.29, 1.82) is 0 Å². The summed E-state index contributed by atoms with van der Waals surface area (Å²) in [5.41, 5.74) is 1.85. The molecule has 0 bridgehead atoms. The standard InChI is InChI=1S/C38H47F3N4OS/c1-7-22-44-24-19-37(20-25-44)18-12-23-45(27-37)36-33(43-29(4)28(3)26-47-30(5)31(8-2)17-21-42-6)15-16-34(35(36)38(39,40)41)46-32-13-10-9-11-14-32/h8-11,13-17,21,26,43H,4-7,12,18-20,22-25,27H2,1-3H3/b21-17-,28-26+,31-8+. The lowest BCUT2D eigenvalue weighted by molar-refractivity contribution is -0.138. The number of hydrogen-bond acceptors (Lipinski definition) is 6. The Morgan fingerprint density at radius 3 is 2.45 bits per heavy atom. The number of benzene rings is 2. The van der Waals surface area contributed by atoms with Crippen LogP contribution < -0.4 is 15.0 Å². The third kappa shape index (κ3) is 9.45. The Kier molecular flexibility index (Phi) is 12.6. The topological polar surface area (TPSA) is 40.1 Å². The summed E-state index contributed by atoms with van der Waals surface area (Å²) in [6, 6.07) is 11.7. The second-order valence-corrected chi connectivity index (χ2v) is 13.3. The number of piperidine rings is 2. The predicted molar refractivity (Wildman–Crippen MR) is 194 cm³/mol. The first kappa shape index (κ1) is 36.2. The molecule has 2 aromatic rings. The highest BCUT2D eigenvalue weighted by molar-refractivity contribution is 8.06. The average molecular weight is 665 g/mol. The van der Waals surface area contributed by atoms with Gasteiger partial charge in [0, 0.05) is 29.9 Å². The lowest BCUT2D eigenvalue weighted by Crippen LogP contribution is -2.50. The Hall–Kier alpha value is -3.69. The third-order valence-electron chi connectivity index (χ3n) is 8.96. The van der Waals surface area contributed by atoms with Gasteiger partial charge in [0.05, 0.1) is 11.4 Å². The van der Waals surface area contributed by atoms with Gasteiger partial charge in [-0.3, -0.25) is 4.99 Å². The molecule has 47 heavy (non-hydrogen) atoms. The van der Waals surface area contributed by atoms with Crippen LogP contribution in [0.15, 0.2) is 106 Å². The van der Waals surface area contributed by atoms with E-state index in [0.717, 1.165) is 67.8 Å². The van der Waals surface area contributed by atoms with Crippen molar-refractivity contribution in [3.05, 3.63) is 107 Å². The smallest absolute Gasteiger partial charge is 0.422 e. The quantitative estimate of drug-likeness (QED) is 0.170. The molecule has 2 aliphatic heterocycles. The second-order valence-electron chi connectivity index (χ2n) is 12.3. The number of nitrogens with zero attached hydrogens (tertiary/aromatic N) is 3. The normalized spacial score (nSPS) is 17.6. The van der Waals surface area contributed by atoms with Gasteiger partial charge in [-0.2, -0.15) is 13.2 Å². The molecular formula is C38H47F3N4OS. The first-order valence-electron chi connectivity index (χ1n) is 16.2. The molecule has 0 unspecified atom stereocenters. The van der Waals surface area contributed by atoms with Gasteiger partial charge in [-0.15, -0.1) is 0 Å². The highest BCUT2D eigenvalue weighted by Crippen LogP contribution is 2.51. The summed E-state index contributed by atoms with van der Waals surface area (Å²) in [4.78, 5) is 8.98. The summed E-state index contributed by atoms with van der Waals surface area (Å²) in [7, 11) is 0. The van der Waals surface area contributed by atoms with Crippen LogP contribution in [-0.4, -0.2) is 44.3 Å². The van der Waals surface area contributed by atoms with E-state index < -0.39 is 11.7 Å². The van der Waals surface area contributed by atoms with Crippen molar-refractivity contribution in [3.8, 4) is 11.5 Å². The van der Waals surface area contributed by atoms with Gasteiger partial charge in [-0.1, -0.05) is 56.1 Å². The number of para-hydroxylation sites is 1. The number of nitrogens with one attached hydrogen (secondary N) is 1. The lowest BCUT2D eigenvalue weighted by Gasteiger charge is -2.49. The number of hydrogen-bond donors (Lipinski definition) is 1. The fourth-order valence-electron chi connectivity index (χ4n) is 6.39. The number of alkyl halides is 3. The Bertz CT molecular complexity index is 1500. The molecule has 0 atom stereocenters. The molecule has 5 nitrogen and oxygen atoms in total. The maximum atomic E-state index is 15.2. The van der Waals surface area contributed by atoms with E-state index in [-0.39, 0.29) is 16.9 Å². The van der Waals surface area contributed by atoms with Crippen molar-refractivity contribution >= 4 is 29.9 Å². The van der Waals surface area contributed by atoms with Crippen molar-refractivity contribution in [2.45, 2.75) is 59.1 Å². The Labute approximate surface area is 282 Å². The van der Waals surface area contributed by atoms with Crippen LogP contribution in [0, 0.1) is 5.41 Å². The molecule has 4 rings (SSSR count). The molecule has 2 saturated heterocycles. The maximum absolute atomic E-state index is 15.2. The summed E-state index contributed by atoms with van der Waals surface area (Å²) in [5, 5.41) is 5.16. The Morgan fingerprint density at radius 2 is 1.81 bits per heavy atom. The van der Waals surface area contributed by atoms with E-state index in [1.807, 2.05) is 36.3 Å². The number of allylic oxidation sites excluding steroid dienone is 4. The van der Waals surface area contributed by atoms with Crippen molar-refractivity contribution in [1.82, 2.24) is 4.90 Å². The van der Waals surface area contributed by atoms with E-state index in [2.05, 4.69) is 42.0 Å². The number of likely N-dealkylation sites (tertiary alicyclic amines) is 1. The maximum Gasteiger partial charge on any atom is 0.422 e. The van der Waals surface area contributed by atoms with E-state index in [4.69, 9.17) is 4.74 Å². The first-order chi connectivity index (χ1) is 22.5. The molecular weight excluding hydrogens is 618 g/mol. The van der Waals surface area contributed by atoms with E-state index in [1.54, 1.807) is 42.6 Å². The highest BCUT2D eigenvalue weighted by Gasteiger charge is 2.44. The van der Waals surface area contributed by atoms with Gasteiger partial charge < -0.3 is 19.9 Å². The molecule has 1 N–H and O–H groups in total. The molecule has 0 aromatic heterocycles. The monoisotopic (exact) mass is 664 g/mol. The van der Waals surface area contributed by atoms with Gasteiger partial charge in [-0.25, -0.2) is 0 Å². The molecule has 252 valence electrons. The Balaban J connectivity index is 1.70. The van der Waals surface area contributed by atoms with Crippen LogP contribution >= 0.6 is 11.8 Å². The van der Waals surface area contributed by atoms with Gasteiger partial charge in [0.2, 0.25) is 0 Å². The molecule has 2 aromatic carbocycles. The number of rotatable bonds is 13. The highest BCUT2D eigenvalue weighted by atomic mass is 32.2. The SMILES string of the molecule is C=N/C=C\C(=C/C)C(=C)S/C=C(\C)C(=C)Nc1ccc(Oc2ccccc2)c(C(F)(F)F)c1N1CCCC2(CCN(CCC)CC2)C1. The molecule has 1 spiro atoms. The van der Waals surface area contributed by atoms with Crippen LogP contribution in [0.3, 0.4) is 0 Å². The van der Waals surface area contributed by atoms with Crippen LogP contribution in [0.25, 0.3) is 0 Å². The van der Waals surface area contributed by atoms with Gasteiger partial charge in [0.15, 0.2) is 0 Å². The summed E-state index contributed by atoms with van der Waals surface area (Å²) in [5.74, 6) is 0.134. The zero-order valence-electron chi connectivity index (χ0n) is 27.8. The number of aliphatic imine (C=N–C) groups is 1. The predicted octanol–water partition coefficient (Wildman–Crippen LogP) is 10.8. The first-order valence-corrected chi connectivity index (χ1v) is 17.1. The minimum absolute atomic E-state index is 0.0250. The fourth-order valence-corrected chi connectivity index (χ4v) is 7.18. The van der Waals surface area contributed by atoms with E-state index in [9.17, 15) is 0 Å². The van der Waals surface area contributed by atoms with Crippen molar-refractivity contribution in [2.24, 2.45) is 10.4 Å². The van der Waals surface area contributed by atoms with Crippen molar-refractivity contribution < 1.29 is 17.9 Å². The lowest BCUT2D eigenvalue weighted by atomic mass is 9.72. The fraction of sp³-hybridized carbons (Fsp3) is 0.395. The minimum Gasteiger partial charge on any atom is -0.457 e. The average Bonchev–Trinajstić information content (AvgIpc) is 3.05. The molecule has 2 fully saturated rings. The summed E-state index contributed by atoms with van der Waals surface area (Å²) < 4.78 is 51.6. The van der Waals surface area contributed by atoms with E-state index >= 15 is 13.2 Å². The van der Waals surface area contributed by atoms with Crippen molar-refractivity contribution in [2.75, 3.05) is 42.9 Å². The zero-order chi connectivity index (χ0) is 34.0. The number of anilines is 2. The Morgan fingerprint density at radius 1 is 1.09 bits per heavy atom. The van der Waals surface area contributed by atoms with Gasteiger partial charge in [-0.05, 0) is 125 Å². The van der Waals surface area contributed by atoms with Crippen molar-refractivity contribution in [3.63, 3.8) is 0 Å². The molecule has 9 heteroatoms. The van der Waals surface area contributed by atoms with Gasteiger partial charge in [0.1, 0.15) is 17.1 Å². The second kappa shape index (κ2) is 16.4. The summed E-state index contributed by atoms with van der Waals surface area (Å²) in [6.07, 6.45) is 5.60. The van der Waals surface area contributed by atoms with Crippen LogP contribution in [-0.2, 0) is 6.18 Å². The third-order valence-corrected chi connectivity index (χ3v) is 9.95. The molecule has 0 radical (unpaired) electrons. The van der Waals surface area contributed by atoms with Gasteiger partial charge in [0.25, 0.3) is 0 Å². The van der Waals surface area contributed by atoms with Gasteiger partial charge >= 0.3 is 6.18 Å². The molecule has 0 amide bonds. The summed E-state index contributed by atoms with van der Waals surface area (Å²) >= 11 is 1.41. The van der Waals surface area contributed by atoms with Crippen LogP contribution in [0.4, 0.5) is 24.5 Å². The summed E-state index contributed by atoms with van der Waals surface area (Å²) in [6.45, 7) is 21.9. The molecule has 2 aliphatic rings.